The van der Waals surface area contributed by atoms with Crippen LogP contribution in [0.3, 0.4) is 0 Å². The first kappa shape index (κ1) is 16.0. The van der Waals surface area contributed by atoms with Crippen LogP contribution in [0.5, 0.6) is 0 Å². The number of carbonyl (C=O) groups is 2. The monoisotopic (exact) mass is 332 g/mol. The Balaban J connectivity index is 1.87. The first-order valence-electron chi connectivity index (χ1n) is 7.55. The van der Waals surface area contributed by atoms with Crippen LogP contribution in [0.2, 0.25) is 0 Å². The zero-order valence-corrected chi connectivity index (χ0v) is 13.0. The van der Waals surface area contributed by atoms with Crippen LogP contribution in [0.4, 0.5) is 5.69 Å². The van der Waals surface area contributed by atoms with Crippen LogP contribution in [-0.4, -0.2) is 39.9 Å². The van der Waals surface area contributed by atoms with E-state index in [1.807, 2.05) is 6.92 Å². The largest absolute Gasteiger partial charge is 0.481 e. The number of benzene rings is 1. The highest BCUT2D eigenvalue weighted by Crippen LogP contribution is 2.27. The summed E-state index contributed by atoms with van der Waals surface area (Å²) in [5, 5.41) is 20.5. The molecule has 24 heavy (non-hydrogen) atoms. The van der Waals surface area contributed by atoms with E-state index >= 15 is 0 Å². The molecule has 2 unspecified atom stereocenters. The second kappa shape index (κ2) is 5.95. The minimum atomic E-state index is -0.917. The maximum Gasteiger partial charge on any atom is 0.308 e. The summed E-state index contributed by atoms with van der Waals surface area (Å²) in [6.45, 7) is 2.49. The third-order valence-electron chi connectivity index (χ3n) is 4.22. The number of carboxylic acids is 1. The summed E-state index contributed by atoms with van der Waals surface area (Å²) in [4.78, 5) is 35.6. The molecule has 126 valence electrons. The highest BCUT2D eigenvalue weighted by Gasteiger charge is 2.33. The number of hydrogen-bond acceptors (Lipinski definition) is 5. The van der Waals surface area contributed by atoms with Gasteiger partial charge in [-0.25, -0.2) is 0 Å². The summed E-state index contributed by atoms with van der Waals surface area (Å²) >= 11 is 0. The van der Waals surface area contributed by atoms with Crippen molar-refractivity contribution in [3.05, 3.63) is 40.1 Å². The molecule has 0 saturated carbocycles. The lowest BCUT2D eigenvalue weighted by atomic mass is 9.90. The molecule has 8 heteroatoms. The molecule has 1 aromatic heterocycles. The molecule has 0 spiro atoms. The van der Waals surface area contributed by atoms with E-state index in [0.29, 0.717) is 23.9 Å². The predicted molar refractivity (Wildman–Crippen MR) is 83.7 cm³/mol. The van der Waals surface area contributed by atoms with Gasteiger partial charge in [-0.2, -0.15) is 0 Å². The summed E-state index contributed by atoms with van der Waals surface area (Å²) in [5.74, 6) is -1.77. The highest BCUT2D eigenvalue weighted by molar-refractivity contribution is 5.96. The average molecular weight is 332 g/mol. The van der Waals surface area contributed by atoms with Gasteiger partial charge in [0.25, 0.3) is 11.6 Å². The van der Waals surface area contributed by atoms with Crippen molar-refractivity contribution in [2.24, 2.45) is 11.8 Å². The smallest absolute Gasteiger partial charge is 0.308 e. The van der Waals surface area contributed by atoms with Gasteiger partial charge in [0.15, 0.2) is 5.76 Å². The molecule has 1 aliphatic heterocycles. The van der Waals surface area contributed by atoms with Crippen molar-refractivity contribution in [2.75, 3.05) is 13.1 Å². The maximum atomic E-state index is 12.6. The number of amides is 1. The van der Waals surface area contributed by atoms with Crippen molar-refractivity contribution in [1.29, 1.82) is 0 Å². The molecule has 8 nitrogen and oxygen atoms in total. The molecule has 2 aromatic rings. The number of rotatable bonds is 3. The number of nitro benzene ring substituents is 1. The lowest BCUT2D eigenvalue weighted by molar-refractivity contribution is -0.384. The number of carboxylic acid groups (broad SMARTS) is 1. The van der Waals surface area contributed by atoms with Gasteiger partial charge in [0.05, 0.1) is 10.8 Å². The molecule has 0 radical (unpaired) electrons. The van der Waals surface area contributed by atoms with E-state index < -0.39 is 22.7 Å². The van der Waals surface area contributed by atoms with Crippen molar-refractivity contribution < 1.29 is 24.0 Å². The zero-order chi connectivity index (χ0) is 17.4. The molecule has 1 aromatic carbocycles. The fraction of sp³-hybridized carbons (Fsp3) is 0.375. The number of non-ortho nitro benzene ring substituents is 1. The van der Waals surface area contributed by atoms with Crippen LogP contribution in [0, 0.1) is 22.0 Å². The predicted octanol–water partition coefficient (Wildman–Crippen LogP) is 2.52. The second-order valence-corrected chi connectivity index (χ2v) is 6.18. The number of likely N-dealkylation sites (tertiary alicyclic amines) is 1. The van der Waals surface area contributed by atoms with Gasteiger partial charge in [-0.15, -0.1) is 0 Å². The maximum absolute atomic E-state index is 12.6. The minimum absolute atomic E-state index is 0.0590. The van der Waals surface area contributed by atoms with Crippen LogP contribution in [-0.2, 0) is 4.79 Å². The Hall–Kier alpha value is -2.90. The van der Waals surface area contributed by atoms with Crippen LogP contribution in [0.15, 0.2) is 28.7 Å². The summed E-state index contributed by atoms with van der Waals surface area (Å²) in [5.41, 5.74) is 0.295. The van der Waals surface area contributed by atoms with E-state index in [9.17, 15) is 24.8 Å². The molecular weight excluding hydrogens is 316 g/mol. The Bertz CT molecular complexity index is 827. The van der Waals surface area contributed by atoms with Gasteiger partial charge in [-0.3, -0.25) is 19.7 Å². The third-order valence-corrected chi connectivity index (χ3v) is 4.22. The van der Waals surface area contributed by atoms with Crippen molar-refractivity contribution in [1.82, 2.24) is 4.90 Å². The average Bonchev–Trinajstić information content (AvgIpc) is 2.96. The molecule has 0 bridgehead atoms. The molecule has 3 rings (SSSR count). The number of nitro groups is 1. The number of hydrogen-bond donors (Lipinski definition) is 1. The normalized spacial score (nSPS) is 21.0. The van der Waals surface area contributed by atoms with E-state index in [1.165, 1.54) is 29.2 Å². The minimum Gasteiger partial charge on any atom is -0.481 e. The highest BCUT2D eigenvalue weighted by atomic mass is 16.6. The zero-order valence-electron chi connectivity index (χ0n) is 13.0. The molecular formula is C16H16N2O6. The Morgan fingerprint density at radius 3 is 2.75 bits per heavy atom. The molecule has 1 aliphatic rings. The molecule has 2 heterocycles. The van der Waals surface area contributed by atoms with E-state index in [-0.39, 0.29) is 23.9 Å². The molecule has 1 amide bonds. The van der Waals surface area contributed by atoms with Crippen LogP contribution in [0.25, 0.3) is 11.0 Å². The van der Waals surface area contributed by atoms with Crippen LogP contribution >= 0.6 is 0 Å². The van der Waals surface area contributed by atoms with E-state index in [4.69, 9.17) is 4.42 Å². The number of fused-ring (bicyclic) bond motifs is 1. The number of nitrogens with zero attached hydrogens (tertiary/aromatic N) is 2. The lowest BCUT2D eigenvalue weighted by Gasteiger charge is -2.34. The van der Waals surface area contributed by atoms with E-state index in [0.717, 1.165) is 0 Å². The Labute approximate surface area is 136 Å². The van der Waals surface area contributed by atoms with Crippen LogP contribution < -0.4 is 0 Å². The summed E-state index contributed by atoms with van der Waals surface area (Å²) < 4.78 is 5.49. The van der Waals surface area contributed by atoms with Gasteiger partial charge < -0.3 is 14.4 Å². The first-order valence-corrected chi connectivity index (χ1v) is 7.55. The SMILES string of the molecule is CC1CC(C(=O)O)CN(C(=O)c2cc3cc([N+](=O)[O-])ccc3o2)C1. The fourth-order valence-corrected chi connectivity index (χ4v) is 3.10. The van der Waals surface area contributed by atoms with E-state index in [2.05, 4.69) is 0 Å². The molecule has 1 saturated heterocycles. The topological polar surface area (TPSA) is 114 Å². The molecule has 1 N–H and O–H groups in total. The quantitative estimate of drug-likeness (QED) is 0.682. The Kier molecular flexibility index (Phi) is 3.96. The molecule has 0 aliphatic carbocycles. The van der Waals surface area contributed by atoms with Gasteiger partial charge in [0, 0.05) is 30.6 Å². The Morgan fingerprint density at radius 1 is 1.33 bits per heavy atom. The first-order chi connectivity index (χ1) is 11.3. The number of aliphatic carboxylic acids is 1. The van der Waals surface area contributed by atoms with Crippen molar-refractivity contribution >= 4 is 28.5 Å². The third kappa shape index (κ3) is 2.94. The van der Waals surface area contributed by atoms with Gasteiger partial charge in [0.2, 0.25) is 0 Å². The van der Waals surface area contributed by atoms with Crippen LogP contribution in [0.1, 0.15) is 23.9 Å². The fourth-order valence-electron chi connectivity index (χ4n) is 3.10. The summed E-state index contributed by atoms with van der Waals surface area (Å²) in [6.07, 6.45) is 0.533. The standard InChI is InChI=1S/C16H16N2O6/c1-9-4-11(16(20)21)8-17(7-9)15(19)14-6-10-5-12(18(22)23)2-3-13(10)24-14/h2-3,5-6,9,11H,4,7-8H2,1H3,(H,20,21). The number of piperidine rings is 1. The number of furan rings is 1. The molecule has 1 fully saturated rings. The summed E-state index contributed by atoms with van der Waals surface area (Å²) in [7, 11) is 0. The van der Waals surface area contributed by atoms with Gasteiger partial charge in [0.1, 0.15) is 5.58 Å². The van der Waals surface area contributed by atoms with Gasteiger partial charge >= 0.3 is 5.97 Å². The molecule has 2 atom stereocenters. The lowest BCUT2D eigenvalue weighted by Crippen LogP contribution is -2.45. The number of carbonyl (C=O) groups excluding carboxylic acids is 1. The summed E-state index contributed by atoms with van der Waals surface area (Å²) in [6, 6.07) is 5.56. The van der Waals surface area contributed by atoms with E-state index in [1.54, 1.807) is 0 Å². The van der Waals surface area contributed by atoms with Gasteiger partial charge in [-0.05, 0) is 24.5 Å². The van der Waals surface area contributed by atoms with Crippen molar-refractivity contribution in [3.8, 4) is 0 Å². The second-order valence-electron chi connectivity index (χ2n) is 6.18. The van der Waals surface area contributed by atoms with Gasteiger partial charge in [-0.1, -0.05) is 6.92 Å². The Morgan fingerprint density at radius 2 is 2.08 bits per heavy atom. The van der Waals surface area contributed by atoms with Crippen molar-refractivity contribution in [2.45, 2.75) is 13.3 Å². The van der Waals surface area contributed by atoms with Crippen molar-refractivity contribution in [3.63, 3.8) is 0 Å².